The van der Waals surface area contributed by atoms with E-state index in [0.717, 1.165) is 22.7 Å². The average Bonchev–Trinajstić information content (AvgIpc) is 2.93. The van der Waals surface area contributed by atoms with Gasteiger partial charge < -0.3 is 4.74 Å². The molecule has 0 radical (unpaired) electrons. The first-order valence-electron chi connectivity index (χ1n) is 6.32. The van der Waals surface area contributed by atoms with Crippen molar-refractivity contribution in [2.24, 2.45) is 0 Å². The normalized spacial score (nSPS) is 12.1. The van der Waals surface area contributed by atoms with Crippen LogP contribution < -0.4 is 4.74 Å². The Labute approximate surface area is 126 Å². The van der Waals surface area contributed by atoms with Gasteiger partial charge in [-0.25, -0.2) is 18.3 Å². The lowest BCUT2D eigenvalue weighted by Crippen LogP contribution is -2.16. The third kappa shape index (κ3) is 3.22. The Balaban J connectivity index is 2.00. The first kappa shape index (κ1) is 15.2. The highest BCUT2D eigenvalue weighted by atomic mass is 19.4. The van der Waals surface area contributed by atoms with Gasteiger partial charge in [0, 0.05) is 11.6 Å². The molecule has 2 heterocycles. The molecular weight excluding hydrogens is 321 g/mol. The lowest BCUT2D eigenvalue weighted by atomic mass is 10.1. The summed E-state index contributed by atoms with van der Waals surface area (Å²) in [7, 11) is 0. The molecule has 0 spiro atoms. The zero-order valence-corrected chi connectivity index (χ0v) is 11.3. The van der Waals surface area contributed by atoms with Crippen molar-refractivity contribution < 1.29 is 26.7 Å². The Morgan fingerprint density at radius 3 is 2.35 bits per heavy atom. The number of halogens is 5. The van der Waals surface area contributed by atoms with Crippen LogP contribution in [0.3, 0.4) is 0 Å². The van der Waals surface area contributed by atoms with E-state index in [1.807, 2.05) is 0 Å². The standard InChI is InChI=1S/C14H8F5N3O/c15-13(16)11-7-10(21-12-5-6-20-22(11)12)8-1-3-9(4-2-8)23-14(17,18)19/h1-7,13H. The molecule has 0 N–H and O–H groups in total. The largest absolute Gasteiger partial charge is 0.573 e. The summed E-state index contributed by atoms with van der Waals surface area (Å²) >= 11 is 0. The molecule has 1 aromatic carbocycles. The molecule has 0 saturated heterocycles. The topological polar surface area (TPSA) is 39.4 Å². The summed E-state index contributed by atoms with van der Waals surface area (Å²) in [6.07, 6.45) is -6.23. The van der Waals surface area contributed by atoms with Crippen LogP contribution >= 0.6 is 0 Å². The van der Waals surface area contributed by atoms with Crippen molar-refractivity contribution in [1.82, 2.24) is 14.6 Å². The molecule has 0 unspecified atom stereocenters. The van der Waals surface area contributed by atoms with Crippen molar-refractivity contribution in [3.63, 3.8) is 0 Å². The van der Waals surface area contributed by atoms with Crippen LogP contribution in [0.1, 0.15) is 12.1 Å². The summed E-state index contributed by atoms with van der Waals surface area (Å²) in [5.41, 5.74) is 0.441. The van der Waals surface area contributed by atoms with Crippen LogP contribution in [-0.2, 0) is 0 Å². The lowest BCUT2D eigenvalue weighted by molar-refractivity contribution is -0.274. The molecule has 23 heavy (non-hydrogen) atoms. The third-order valence-electron chi connectivity index (χ3n) is 2.99. The summed E-state index contributed by atoms with van der Waals surface area (Å²) in [6, 6.07) is 7.40. The molecule has 0 aliphatic rings. The van der Waals surface area contributed by atoms with Crippen LogP contribution in [0.25, 0.3) is 16.9 Å². The first-order chi connectivity index (χ1) is 10.8. The molecule has 2 aromatic heterocycles. The van der Waals surface area contributed by atoms with E-state index in [-0.39, 0.29) is 17.0 Å². The monoisotopic (exact) mass is 329 g/mol. The maximum absolute atomic E-state index is 13.1. The predicted octanol–water partition coefficient (Wildman–Crippen LogP) is 4.23. The summed E-state index contributed by atoms with van der Waals surface area (Å²) in [4.78, 5) is 4.16. The van der Waals surface area contributed by atoms with Crippen molar-refractivity contribution in [3.8, 4) is 17.0 Å². The molecule has 0 saturated carbocycles. The van der Waals surface area contributed by atoms with Gasteiger partial charge in [-0.3, -0.25) is 0 Å². The van der Waals surface area contributed by atoms with Gasteiger partial charge in [-0.05, 0) is 30.3 Å². The molecule has 0 atom stereocenters. The van der Waals surface area contributed by atoms with Gasteiger partial charge in [0.1, 0.15) is 11.4 Å². The highest BCUT2D eigenvalue weighted by Gasteiger charge is 2.31. The van der Waals surface area contributed by atoms with Crippen LogP contribution in [-0.4, -0.2) is 21.0 Å². The zero-order chi connectivity index (χ0) is 16.6. The molecular formula is C14H8F5N3O. The summed E-state index contributed by atoms with van der Waals surface area (Å²) in [6.45, 7) is 0. The van der Waals surface area contributed by atoms with Crippen LogP contribution in [0.2, 0.25) is 0 Å². The Morgan fingerprint density at radius 2 is 1.74 bits per heavy atom. The van der Waals surface area contributed by atoms with Gasteiger partial charge in [-0.15, -0.1) is 13.2 Å². The van der Waals surface area contributed by atoms with Crippen LogP contribution in [0.5, 0.6) is 5.75 Å². The molecule has 3 aromatic rings. The number of nitrogens with zero attached hydrogens (tertiary/aromatic N) is 3. The Hall–Kier alpha value is -2.71. The molecule has 4 nitrogen and oxygen atoms in total. The van der Waals surface area contributed by atoms with Gasteiger partial charge in [-0.1, -0.05) is 0 Å². The smallest absolute Gasteiger partial charge is 0.406 e. The number of benzene rings is 1. The van der Waals surface area contributed by atoms with Crippen molar-refractivity contribution in [2.75, 3.05) is 0 Å². The molecule has 9 heteroatoms. The van der Waals surface area contributed by atoms with Crippen LogP contribution in [0, 0.1) is 0 Å². The molecule has 120 valence electrons. The summed E-state index contributed by atoms with van der Waals surface area (Å²) < 4.78 is 67.3. The minimum Gasteiger partial charge on any atom is -0.406 e. The fraction of sp³-hybridized carbons (Fsp3) is 0.143. The molecule has 0 fully saturated rings. The Bertz CT molecular complexity index is 827. The summed E-state index contributed by atoms with van der Waals surface area (Å²) in [5.74, 6) is -0.402. The third-order valence-corrected chi connectivity index (χ3v) is 2.99. The quantitative estimate of drug-likeness (QED) is 0.675. The van der Waals surface area contributed by atoms with Gasteiger partial charge in [0.15, 0.2) is 5.65 Å². The number of hydrogen-bond acceptors (Lipinski definition) is 3. The zero-order valence-electron chi connectivity index (χ0n) is 11.3. The van der Waals surface area contributed by atoms with E-state index in [2.05, 4.69) is 14.8 Å². The maximum atomic E-state index is 13.1. The Morgan fingerprint density at radius 1 is 1.04 bits per heavy atom. The van der Waals surface area contributed by atoms with E-state index in [0.29, 0.717) is 5.56 Å². The lowest BCUT2D eigenvalue weighted by Gasteiger charge is -2.10. The van der Waals surface area contributed by atoms with Gasteiger partial charge in [0.2, 0.25) is 0 Å². The van der Waals surface area contributed by atoms with Crippen LogP contribution in [0.4, 0.5) is 22.0 Å². The molecule has 0 aliphatic heterocycles. The fourth-order valence-electron chi connectivity index (χ4n) is 2.07. The Kier molecular flexibility index (Phi) is 3.63. The van der Waals surface area contributed by atoms with E-state index < -0.39 is 18.5 Å². The molecule has 0 bridgehead atoms. The summed E-state index contributed by atoms with van der Waals surface area (Å²) in [5, 5.41) is 3.76. The van der Waals surface area contributed by atoms with Crippen molar-refractivity contribution >= 4 is 5.65 Å². The second-order valence-corrected chi connectivity index (χ2v) is 4.54. The number of alkyl halides is 5. The van der Waals surface area contributed by atoms with Crippen molar-refractivity contribution in [1.29, 1.82) is 0 Å². The molecule has 0 amide bonds. The average molecular weight is 329 g/mol. The highest BCUT2D eigenvalue weighted by molar-refractivity contribution is 5.63. The van der Waals surface area contributed by atoms with E-state index in [1.54, 1.807) is 0 Å². The van der Waals surface area contributed by atoms with E-state index in [1.165, 1.54) is 24.4 Å². The second kappa shape index (κ2) is 5.49. The predicted molar refractivity (Wildman–Crippen MR) is 70.1 cm³/mol. The second-order valence-electron chi connectivity index (χ2n) is 4.54. The van der Waals surface area contributed by atoms with Gasteiger partial charge >= 0.3 is 6.36 Å². The highest BCUT2D eigenvalue weighted by Crippen LogP contribution is 2.28. The molecule has 3 rings (SSSR count). The van der Waals surface area contributed by atoms with Gasteiger partial charge in [0.05, 0.1) is 11.9 Å². The first-order valence-corrected chi connectivity index (χ1v) is 6.32. The number of rotatable bonds is 3. The minimum absolute atomic E-state index is 0.201. The minimum atomic E-state index is -4.79. The van der Waals surface area contributed by atoms with Crippen LogP contribution in [0.15, 0.2) is 42.6 Å². The number of fused-ring (bicyclic) bond motifs is 1. The SMILES string of the molecule is FC(F)c1cc(-c2ccc(OC(F)(F)F)cc2)nc2ccnn12. The van der Waals surface area contributed by atoms with Crippen molar-refractivity contribution in [3.05, 3.63) is 48.3 Å². The van der Waals surface area contributed by atoms with Crippen molar-refractivity contribution in [2.45, 2.75) is 12.8 Å². The van der Waals surface area contributed by atoms with Gasteiger partial charge in [0.25, 0.3) is 6.43 Å². The fourth-order valence-corrected chi connectivity index (χ4v) is 2.07. The van der Waals surface area contributed by atoms with E-state index >= 15 is 0 Å². The van der Waals surface area contributed by atoms with Gasteiger partial charge in [-0.2, -0.15) is 5.10 Å². The number of hydrogen-bond donors (Lipinski definition) is 0. The van der Waals surface area contributed by atoms with E-state index in [9.17, 15) is 22.0 Å². The number of aromatic nitrogens is 3. The number of ether oxygens (including phenoxy) is 1. The maximum Gasteiger partial charge on any atom is 0.573 e. The molecule has 0 aliphatic carbocycles. The van der Waals surface area contributed by atoms with E-state index in [4.69, 9.17) is 0 Å².